The highest BCUT2D eigenvalue weighted by molar-refractivity contribution is 5.66. The molecule has 5 nitrogen and oxygen atoms in total. The highest BCUT2D eigenvalue weighted by Crippen LogP contribution is 2.15. The van der Waals surface area contributed by atoms with E-state index in [0.717, 1.165) is 5.69 Å². The molecular weight excluding hydrogens is 182 g/mol. The number of hydrogen-bond acceptors (Lipinski definition) is 3. The summed E-state index contributed by atoms with van der Waals surface area (Å²) in [5.74, 6) is 0. The molecule has 0 atom stereocenters. The predicted octanol–water partition coefficient (Wildman–Crippen LogP) is 0.948. The molecule has 0 bridgehead atoms. The molecule has 14 heavy (non-hydrogen) atoms. The van der Waals surface area contributed by atoms with Crippen molar-refractivity contribution in [2.24, 2.45) is 0 Å². The Kier molecular flexibility index (Phi) is 3.60. The van der Waals surface area contributed by atoms with Crippen LogP contribution in [-0.4, -0.2) is 24.3 Å². The van der Waals surface area contributed by atoms with Crippen LogP contribution in [0.25, 0.3) is 0 Å². The third-order valence-electron chi connectivity index (χ3n) is 1.68. The molecule has 0 aliphatic rings. The van der Waals surface area contributed by atoms with Gasteiger partial charge in [-0.15, -0.1) is 0 Å². The molecule has 1 aromatic rings. The van der Waals surface area contributed by atoms with Crippen molar-refractivity contribution < 1.29 is 9.90 Å². The van der Waals surface area contributed by atoms with Gasteiger partial charge < -0.3 is 21.5 Å². The third-order valence-corrected chi connectivity index (χ3v) is 1.68. The maximum Gasteiger partial charge on any atom is 0.404 e. The van der Waals surface area contributed by atoms with Gasteiger partial charge in [-0.1, -0.05) is 12.1 Å². The Morgan fingerprint density at radius 3 is 2.71 bits per heavy atom. The molecule has 0 unspecified atom stereocenters. The van der Waals surface area contributed by atoms with Gasteiger partial charge in [0, 0.05) is 13.1 Å². The van der Waals surface area contributed by atoms with Crippen molar-refractivity contribution in [1.29, 1.82) is 0 Å². The van der Waals surface area contributed by atoms with Crippen LogP contribution >= 0.6 is 0 Å². The summed E-state index contributed by atoms with van der Waals surface area (Å²) in [6.07, 6.45) is -1.02. The Bertz CT molecular complexity index is 315. The van der Waals surface area contributed by atoms with Crippen molar-refractivity contribution in [3.63, 3.8) is 0 Å². The lowest BCUT2D eigenvalue weighted by atomic mass is 10.3. The zero-order valence-corrected chi connectivity index (χ0v) is 7.66. The molecule has 5 N–H and O–H groups in total. The molecule has 1 rings (SSSR count). The summed E-state index contributed by atoms with van der Waals surface area (Å²) in [6.45, 7) is 0.865. The minimum Gasteiger partial charge on any atom is -0.465 e. The molecule has 0 heterocycles. The van der Waals surface area contributed by atoms with Crippen molar-refractivity contribution in [1.82, 2.24) is 5.32 Å². The van der Waals surface area contributed by atoms with E-state index in [4.69, 9.17) is 10.8 Å². The molecule has 5 heteroatoms. The van der Waals surface area contributed by atoms with Gasteiger partial charge in [0.05, 0.1) is 11.4 Å². The Morgan fingerprint density at radius 1 is 1.36 bits per heavy atom. The van der Waals surface area contributed by atoms with E-state index in [9.17, 15) is 4.79 Å². The number of carboxylic acid groups (broad SMARTS) is 1. The second-order valence-electron chi connectivity index (χ2n) is 2.75. The molecular formula is C9H13N3O2. The standard InChI is InChI=1S/C9H13N3O2/c10-7-3-1-2-4-8(7)11-5-6-12-9(13)14/h1-4,11-12H,5-6,10H2,(H,13,14). The lowest BCUT2D eigenvalue weighted by Crippen LogP contribution is -2.27. The van der Waals surface area contributed by atoms with E-state index in [-0.39, 0.29) is 0 Å². The average Bonchev–Trinajstić information content (AvgIpc) is 2.15. The van der Waals surface area contributed by atoms with Crippen molar-refractivity contribution in [3.05, 3.63) is 24.3 Å². The summed E-state index contributed by atoms with van der Waals surface area (Å²) in [5, 5.41) is 13.6. The number of nitrogens with one attached hydrogen (secondary N) is 2. The van der Waals surface area contributed by atoms with Crippen molar-refractivity contribution >= 4 is 17.5 Å². The summed E-state index contributed by atoms with van der Waals surface area (Å²) >= 11 is 0. The van der Waals surface area contributed by atoms with E-state index in [2.05, 4.69) is 10.6 Å². The molecule has 0 radical (unpaired) electrons. The lowest BCUT2D eigenvalue weighted by molar-refractivity contribution is 0.195. The van der Waals surface area contributed by atoms with Crippen LogP contribution < -0.4 is 16.4 Å². The number of nitrogens with two attached hydrogens (primary N) is 1. The SMILES string of the molecule is Nc1ccccc1NCCNC(=O)O. The fourth-order valence-corrected chi connectivity index (χ4v) is 1.02. The predicted molar refractivity (Wildman–Crippen MR) is 55.4 cm³/mol. The fourth-order valence-electron chi connectivity index (χ4n) is 1.02. The van der Waals surface area contributed by atoms with Crippen LogP contribution in [0.3, 0.4) is 0 Å². The van der Waals surface area contributed by atoms with Crippen LogP contribution in [0.4, 0.5) is 16.2 Å². The van der Waals surface area contributed by atoms with Gasteiger partial charge in [-0.25, -0.2) is 4.79 Å². The van der Waals surface area contributed by atoms with Gasteiger partial charge in [0.15, 0.2) is 0 Å². The van der Waals surface area contributed by atoms with Crippen LogP contribution in [0.15, 0.2) is 24.3 Å². The Morgan fingerprint density at radius 2 is 2.07 bits per heavy atom. The van der Waals surface area contributed by atoms with Gasteiger partial charge in [0.1, 0.15) is 0 Å². The molecule has 0 aliphatic heterocycles. The van der Waals surface area contributed by atoms with Gasteiger partial charge in [-0.3, -0.25) is 0 Å². The summed E-state index contributed by atoms with van der Waals surface area (Å²) < 4.78 is 0. The maximum atomic E-state index is 10.1. The quantitative estimate of drug-likeness (QED) is 0.425. The summed E-state index contributed by atoms with van der Waals surface area (Å²) in [7, 11) is 0. The Labute approximate surface area is 81.9 Å². The highest BCUT2D eigenvalue weighted by atomic mass is 16.4. The van der Waals surface area contributed by atoms with Gasteiger partial charge in [-0.05, 0) is 12.1 Å². The van der Waals surface area contributed by atoms with Gasteiger partial charge in [0.25, 0.3) is 0 Å². The smallest absolute Gasteiger partial charge is 0.404 e. The van der Waals surface area contributed by atoms with E-state index in [1.165, 1.54) is 0 Å². The highest BCUT2D eigenvalue weighted by Gasteiger charge is 1.96. The first kappa shape index (κ1) is 10.2. The topological polar surface area (TPSA) is 87.4 Å². The number of amides is 1. The van der Waals surface area contributed by atoms with E-state index >= 15 is 0 Å². The van der Waals surface area contributed by atoms with Gasteiger partial charge in [-0.2, -0.15) is 0 Å². The minimum absolute atomic E-state index is 0.351. The second kappa shape index (κ2) is 4.96. The number of nitrogen functional groups attached to an aromatic ring is 1. The monoisotopic (exact) mass is 195 g/mol. The van der Waals surface area contributed by atoms with Crippen molar-refractivity contribution in [2.45, 2.75) is 0 Å². The first-order valence-corrected chi connectivity index (χ1v) is 4.25. The number of anilines is 2. The zero-order valence-electron chi connectivity index (χ0n) is 7.66. The van der Waals surface area contributed by atoms with E-state index < -0.39 is 6.09 Å². The molecule has 0 aliphatic carbocycles. The summed E-state index contributed by atoms with van der Waals surface area (Å²) in [4.78, 5) is 10.1. The number of hydrogen-bond donors (Lipinski definition) is 4. The molecule has 0 aromatic heterocycles. The lowest BCUT2D eigenvalue weighted by Gasteiger charge is -2.08. The molecule has 0 fully saturated rings. The molecule has 0 spiro atoms. The second-order valence-corrected chi connectivity index (χ2v) is 2.75. The van der Waals surface area contributed by atoms with Crippen LogP contribution in [0.2, 0.25) is 0 Å². The Balaban J connectivity index is 2.31. The molecule has 0 saturated carbocycles. The zero-order chi connectivity index (χ0) is 10.4. The normalized spacial score (nSPS) is 9.43. The number of carbonyl (C=O) groups is 1. The first-order chi connectivity index (χ1) is 6.70. The van der Waals surface area contributed by atoms with E-state index in [1.54, 1.807) is 6.07 Å². The Hall–Kier alpha value is -1.91. The number of rotatable bonds is 4. The van der Waals surface area contributed by atoms with Crippen LogP contribution in [0.1, 0.15) is 0 Å². The van der Waals surface area contributed by atoms with Crippen LogP contribution in [0, 0.1) is 0 Å². The minimum atomic E-state index is -1.02. The van der Waals surface area contributed by atoms with Crippen LogP contribution in [-0.2, 0) is 0 Å². The van der Waals surface area contributed by atoms with Gasteiger partial charge in [0.2, 0.25) is 0 Å². The van der Waals surface area contributed by atoms with Crippen LogP contribution in [0.5, 0.6) is 0 Å². The first-order valence-electron chi connectivity index (χ1n) is 4.25. The summed E-state index contributed by atoms with van der Waals surface area (Å²) in [6, 6.07) is 7.34. The fraction of sp³-hybridized carbons (Fsp3) is 0.222. The molecule has 1 aromatic carbocycles. The number of benzene rings is 1. The van der Waals surface area contributed by atoms with Gasteiger partial charge >= 0.3 is 6.09 Å². The van der Waals surface area contributed by atoms with Crippen molar-refractivity contribution in [3.8, 4) is 0 Å². The van der Waals surface area contributed by atoms with E-state index in [1.807, 2.05) is 18.2 Å². The molecule has 0 saturated heterocycles. The van der Waals surface area contributed by atoms with E-state index in [0.29, 0.717) is 18.8 Å². The third kappa shape index (κ3) is 3.22. The molecule has 76 valence electrons. The maximum absolute atomic E-state index is 10.1. The largest absolute Gasteiger partial charge is 0.465 e. The number of para-hydroxylation sites is 2. The summed E-state index contributed by atoms with van der Waals surface area (Å²) in [5.41, 5.74) is 7.14. The molecule has 1 amide bonds. The average molecular weight is 195 g/mol. The van der Waals surface area contributed by atoms with Crippen molar-refractivity contribution in [2.75, 3.05) is 24.1 Å².